The number of hydrogen-bond donors (Lipinski definition) is 0. The van der Waals surface area contributed by atoms with Crippen LogP contribution in [-0.2, 0) is 0 Å². The van der Waals surface area contributed by atoms with Crippen molar-refractivity contribution in [2.24, 2.45) is 0 Å². The largest absolute Gasteiger partial charge is 0.254 e. The smallest absolute Gasteiger partial charge is 0.159 e. The standard InChI is InChI=1S/C42H26N4/c1-2-9-35-31(7-1)26-38(37-11-4-3-10-36(35)37)33-23-32(27-12-16-30(17-13-27)42-44-21-6-22-45-42)24-34(25-33)39-19-18-29-15-14-28-8-5-20-43-40(28)41(29)46-39/h1-26H. The molecule has 3 heterocycles. The van der Waals surface area contributed by atoms with Gasteiger partial charge in [0.05, 0.1) is 16.7 Å². The van der Waals surface area contributed by atoms with Crippen LogP contribution in [0, 0.1) is 0 Å². The van der Waals surface area contributed by atoms with Crippen LogP contribution in [0.1, 0.15) is 0 Å². The summed E-state index contributed by atoms with van der Waals surface area (Å²) in [4.78, 5) is 18.8. The maximum Gasteiger partial charge on any atom is 0.159 e. The van der Waals surface area contributed by atoms with Gasteiger partial charge in [-0.25, -0.2) is 15.0 Å². The number of nitrogens with zero attached hydrogens (tertiary/aromatic N) is 4. The highest BCUT2D eigenvalue weighted by Crippen LogP contribution is 2.39. The van der Waals surface area contributed by atoms with E-state index in [-0.39, 0.29) is 0 Å². The van der Waals surface area contributed by atoms with Gasteiger partial charge in [0, 0.05) is 40.5 Å². The summed E-state index contributed by atoms with van der Waals surface area (Å²) < 4.78 is 0. The van der Waals surface area contributed by atoms with Crippen LogP contribution in [-0.4, -0.2) is 19.9 Å². The lowest BCUT2D eigenvalue weighted by atomic mass is 9.90. The molecule has 214 valence electrons. The molecule has 0 unspecified atom stereocenters. The van der Waals surface area contributed by atoms with E-state index in [9.17, 15) is 0 Å². The van der Waals surface area contributed by atoms with Gasteiger partial charge in [0.15, 0.2) is 5.82 Å². The van der Waals surface area contributed by atoms with E-state index in [2.05, 4.69) is 137 Å². The molecule has 4 nitrogen and oxygen atoms in total. The molecular weight excluding hydrogens is 560 g/mol. The minimum absolute atomic E-state index is 0.715. The highest BCUT2D eigenvalue weighted by atomic mass is 14.8. The van der Waals surface area contributed by atoms with Crippen molar-refractivity contribution in [3.05, 3.63) is 158 Å². The van der Waals surface area contributed by atoms with Crippen LogP contribution in [0.4, 0.5) is 0 Å². The van der Waals surface area contributed by atoms with Crippen molar-refractivity contribution < 1.29 is 0 Å². The maximum absolute atomic E-state index is 5.23. The monoisotopic (exact) mass is 586 g/mol. The Morgan fingerprint density at radius 3 is 1.83 bits per heavy atom. The molecule has 0 saturated carbocycles. The molecule has 0 atom stereocenters. The third-order valence-corrected chi connectivity index (χ3v) is 8.78. The average molecular weight is 587 g/mol. The van der Waals surface area contributed by atoms with Crippen LogP contribution in [0.15, 0.2) is 158 Å². The Hall–Kier alpha value is -6.26. The highest BCUT2D eigenvalue weighted by molar-refractivity contribution is 6.14. The number of fused-ring (bicyclic) bond motifs is 6. The van der Waals surface area contributed by atoms with Crippen LogP contribution >= 0.6 is 0 Å². The van der Waals surface area contributed by atoms with Gasteiger partial charge in [-0.2, -0.15) is 0 Å². The van der Waals surface area contributed by atoms with Crippen LogP contribution in [0.3, 0.4) is 0 Å². The summed E-state index contributed by atoms with van der Waals surface area (Å²) in [5, 5.41) is 7.10. The zero-order valence-corrected chi connectivity index (χ0v) is 24.8. The Labute approximate surface area is 265 Å². The fourth-order valence-corrected chi connectivity index (χ4v) is 6.54. The molecule has 6 aromatic carbocycles. The van der Waals surface area contributed by atoms with E-state index in [0.29, 0.717) is 5.82 Å². The van der Waals surface area contributed by atoms with Crippen molar-refractivity contribution in [1.82, 2.24) is 19.9 Å². The molecule has 0 saturated heterocycles. The van der Waals surface area contributed by atoms with Crippen LogP contribution < -0.4 is 0 Å². The van der Waals surface area contributed by atoms with Gasteiger partial charge in [0.2, 0.25) is 0 Å². The molecule has 0 aliphatic heterocycles. The van der Waals surface area contributed by atoms with Gasteiger partial charge in [-0.3, -0.25) is 4.98 Å². The summed E-state index contributed by atoms with van der Waals surface area (Å²) in [6.07, 6.45) is 5.38. The van der Waals surface area contributed by atoms with E-state index in [1.165, 1.54) is 27.1 Å². The van der Waals surface area contributed by atoms with Gasteiger partial charge >= 0.3 is 0 Å². The fourth-order valence-electron chi connectivity index (χ4n) is 6.54. The number of aromatic nitrogens is 4. The van der Waals surface area contributed by atoms with Crippen LogP contribution in [0.5, 0.6) is 0 Å². The molecule has 0 fully saturated rings. The zero-order chi connectivity index (χ0) is 30.5. The van der Waals surface area contributed by atoms with E-state index in [4.69, 9.17) is 9.97 Å². The minimum atomic E-state index is 0.715. The zero-order valence-electron chi connectivity index (χ0n) is 24.8. The Kier molecular flexibility index (Phi) is 6.10. The second-order valence-electron chi connectivity index (χ2n) is 11.5. The van der Waals surface area contributed by atoms with Crippen molar-refractivity contribution in [1.29, 1.82) is 0 Å². The molecule has 0 N–H and O–H groups in total. The molecule has 0 aliphatic rings. The van der Waals surface area contributed by atoms with E-state index < -0.39 is 0 Å². The van der Waals surface area contributed by atoms with Gasteiger partial charge < -0.3 is 0 Å². The highest BCUT2D eigenvalue weighted by Gasteiger charge is 2.14. The van der Waals surface area contributed by atoms with Gasteiger partial charge in [0.25, 0.3) is 0 Å². The van der Waals surface area contributed by atoms with Gasteiger partial charge in [-0.1, -0.05) is 97.1 Å². The number of pyridine rings is 2. The third kappa shape index (κ3) is 4.47. The van der Waals surface area contributed by atoms with Gasteiger partial charge in [-0.05, 0) is 86.3 Å². The first-order chi connectivity index (χ1) is 22.8. The Morgan fingerprint density at radius 1 is 0.348 bits per heavy atom. The molecule has 0 spiro atoms. The number of benzene rings is 6. The Bertz CT molecular complexity index is 2570. The topological polar surface area (TPSA) is 51.6 Å². The van der Waals surface area contributed by atoms with Gasteiger partial charge in [-0.15, -0.1) is 0 Å². The summed E-state index contributed by atoms with van der Waals surface area (Å²) >= 11 is 0. The Morgan fingerprint density at radius 2 is 0.978 bits per heavy atom. The van der Waals surface area contributed by atoms with Crippen LogP contribution in [0.25, 0.3) is 88.2 Å². The van der Waals surface area contributed by atoms with Crippen molar-refractivity contribution in [2.75, 3.05) is 0 Å². The molecule has 0 amide bonds. The molecule has 46 heavy (non-hydrogen) atoms. The summed E-state index contributed by atoms with van der Waals surface area (Å²) in [5.41, 5.74) is 9.33. The first kappa shape index (κ1) is 26.2. The third-order valence-electron chi connectivity index (χ3n) is 8.78. The number of rotatable bonds is 4. The van der Waals surface area contributed by atoms with E-state index >= 15 is 0 Å². The second kappa shape index (κ2) is 10.7. The maximum atomic E-state index is 5.23. The lowest BCUT2D eigenvalue weighted by molar-refractivity contribution is 1.18. The first-order valence-electron chi connectivity index (χ1n) is 15.4. The minimum Gasteiger partial charge on any atom is -0.254 e. The quantitative estimate of drug-likeness (QED) is 0.193. The van der Waals surface area contributed by atoms with E-state index in [1.54, 1.807) is 12.4 Å². The molecule has 9 rings (SSSR count). The fraction of sp³-hybridized carbons (Fsp3) is 0. The second-order valence-corrected chi connectivity index (χ2v) is 11.5. The van der Waals surface area contributed by atoms with Crippen molar-refractivity contribution in [2.45, 2.75) is 0 Å². The normalized spacial score (nSPS) is 11.5. The molecule has 4 heteroatoms. The lowest BCUT2D eigenvalue weighted by Crippen LogP contribution is -1.92. The predicted molar refractivity (Wildman–Crippen MR) is 189 cm³/mol. The summed E-state index contributed by atoms with van der Waals surface area (Å²) in [7, 11) is 0. The summed E-state index contributed by atoms with van der Waals surface area (Å²) in [6.45, 7) is 0. The molecular formula is C42H26N4. The first-order valence-corrected chi connectivity index (χ1v) is 15.4. The van der Waals surface area contributed by atoms with Crippen molar-refractivity contribution in [3.8, 4) is 44.9 Å². The molecule has 0 radical (unpaired) electrons. The van der Waals surface area contributed by atoms with Gasteiger partial charge in [0.1, 0.15) is 0 Å². The summed E-state index contributed by atoms with van der Waals surface area (Å²) in [5.74, 6) is 0.715. The van der Waals surface area contributed by atoms with E-state index in [0.717, 1.165) is 55.3 Å². The average Bonchev–Trinajstić information content (AvgIpc) is 3.14. The Balaban J connectivity index is 1.28. The SMILES string of the molecule is c1cnc(-c2ccc(-c3cc(-c4ccc5ccc6cccnc6c5n4)cc(-c4cc5ccccc5c5ccccc45)c3)cc2)nc1. The molecule has 0 aliphatic carbocycles. The van der Waals surface area contributed by atoms with Crippen LogP contribution in [0.2, 0.25) is 0 Å². The van der Waals surface area contributed by atoms with E-state index in [1.807, 2.05) is 18.3 Å². The molecule has 9 aromatic rings. The van der Waals surface area contributed by atoms with Crippen molar-refractivity contribution >= 4 is 43.4 Å². The molecule has 3 aromatic heterocycles. The molecule has 0 bridgehead atoms. The number of hydrogen-bond acceptors (Lipinski definition) is 4. The van der Waals surface area contributed by atoms with Crippen molar-refractivity contribution in [3.63, 3.8) is 0 Å². The summed E-state index contributed by atoms with van der Waals surface area (Å²) in [6, 6.07) is 49.3. The lowest BCUT2D eigenvalue weighted by Gasteiger charge is -2.15. The predicted octanol–water partition coefficient (Wildman–Crippen LogP) is 10.5.